The molecule has 29 heavy (non-hydrogen) atoms. The standard InChI is InChI=1S/C21H24N4O4/c1-14-10-17(29-4)12-20(26)25(14)9-8-22-21(27)19-13-18(23-24(19)2)15-6-5-7-16(11-15)28-3/h5-7,10-13H,8-9H2,1-4H3,(H,22,27). The number of nitrogens with one attached hydrogen (secondary N) is 1. The van der Waals surface area contributed by atoms with Crippen molar-refractivity contribution in [3.63, 3.8) is 0 Å². The highest BCUT2D eigenvalue weighted by molar-refractivity contribution is 5.93. The molecule has 1 aromatic carbocycles. The summed E-state index contributed by atoms with van der Waals surface area (Å²) in [5.74, 6) is 0.987. The van der Waals surface area contributed by atoms with Gasteiger partial charge in [0.15, 0.2) is 0 Å². The van der Waals surface area contributed by atoms with Crippen LogP contribution in [0.4, 0.5) is 0 Å². The molecule has 0 atom stereocenters. The average Bonchev–Trinajstić information content (AvgIpc) is 3.11. The zero-order valence-corrected chi connectivity index (χ0v) is 16.9. The van der Waals surface area contributed by atoms with Gasteiger partial charge in [-0.2, -0.15) is 5.10 Å². The van der Waals surface area contributed by atoms with E-state index in [-0.39, 0.29) is 11.5 Å². The van der Waals surface area contributed by atoms with Gasteiger partial charge >= 0.3 is 0 Å². The zero-order valence-electron chi connectivity index (χ0n) is 16.9. The molecule has 0 aliphatic rings. The minimum Gasteiger partial charge on any atom is -0.497 e. The number of aromatic nitrogens is 3. The van der Waals surface area contributed by atoms with Crippen molar-refractivity contribution in [3.05, 3.63) is 64.2 Å². The van der Waals surface area contributed by atoms with Crippen LogP contribution in [0.25, 0.3) is 11.3 Å². The van der Waals surface area contributed by atoms with E-state index < -0.39 is 0 Å². The van der Waals surface area contributed by atoms with Crippen molar-refractivity contribution in [3.8, 4) is 22.8 Å². The van der Waals surface area contributed by atoms with Gasteiger partial charge < -0.3 is 19.4 Å². The highest BCUT2D eigenvalue weighted by Crippen LogP contribution is 2.23. The molecule has 3 rings (SSSR count). The number of ether oxygens (including phenoxy) is 2. The molecule has 0 aliphatic heterocycles. The van der Waals surface area contributed by atoms with Crippen molar-refractivity contribution in [1.82, 2.24) is 19.7 Å². The molecule has 152 valence electrons. The van der Waals surface area contributed by atoms with Crippen LogP contribution in [-0.4, -0.2) is 41.0 Å². The van der Waals surface area contributed by atoms with Crippen LogP contribution >= 0.6 is 0 Å². The summed E-state index contributed by atoms with van der Waals surface area (Å²) in [5.41, 5.74) is 2.57. The van der Waals surface area contributed by atoms with Gasteiger partial charge in [-0.15, -0.1) is 0 Å². The van der Waals surface area contributed by atoms with E-state index in [2.05, 4.69) is 10.4 Å². The fourth-order valence-corrected chi connectivity index (χ4v) is 3.08. The third-order valence-corrected chi connectivity index (χ3v) is 4.64. The fraction of sp³-hybridized carbons (Fsp3) is 0.286. The molecule has 0 bridgehead atoms. The first-order valence-corrected chi connectivity index (χ1v) is 9.15. The van der Waals surface area contributed by atoms with E-state index in [0.29, 0.717) is 30.2 Å². The molecule has 0 fully saturated rings. The molecule has 0 saturated heterocycles. The van der Waals surface area contributed by atoms with E-state index in [0.717, 1.165) is 17.0 Å². The number of benzene rings is 1. The normalized spacial score (nSPS) is 10.6. The minimum atomic E-state index is -0.256. The van der Waals surface area contributed by atoms with Gasteiger partial charge in [0.05, 0.1) is 19.9 Å². The van der Waals surface area contributed by atoms with Gasteiger partial charge in [-0.3, -0.25) is 14.3 Å². The summed E-state index contributed by atoms with van der Waals surface area (Å²) in [6.07, 6.45) is 0. The maximum atomic E-state index is 12.6. The van der Waals surface area contributed by atoms with Crippen LogP contribution in [0.3, 0.4) is 0 Å². The van der Waals surface area contributed by atoms with Gasteiger partial charge in [-0.1, -0.05) is 12.1 Å². The lowest BCUT2D eigenvalue weighted by Gasteiger charge is -2.12. The Bertz CT molecular complexity index is 1080. The molecular weight excluding hydrogens is 372 g/mol. The molecule has 1 N–H and O–H groups in total. The molecule has 0 saturated carbocycles. The fourth-order valence-electron chi connectivity index (χ4n) is 3.08. The SMILES string of the molecule is COc1cccc(-c2cc(C(=O)NCCn3c(C)cc(OC)cc3=O)n(C)n2)c1. The molecule has 2 heterocycles. The van der Waals surface area contributed by atoms with Gasteiger partial charge in [0, 0.05) is 37.5 Å². The van der Waals surface area contributed by atoms with E-state index in [1.807, 2.05) is 31.2 Å². The smallest absolute Gasteiger partial charge is 0.269 e. The number of hydrogen-bond donors (Lipinski definition) is 1. The van der Waals surface area contributed by atoms with Crippen LogP contribution in [0.15, 0.2) is 47.3 Å². The molecule has 0 unspecified atom stereocenters. The summed E-state index contributed by atoms with van der Waals surface area (Å²) >= 11 is 0. The van der Waals surface area contributed by atoms with Gasteiger partial charge in [0.1, 0.15) is 17.2 Å². The van der Waals surface area contributed by atoms with Crippen molar-refractivity contribution in [2.24, 2.45) is 7.05 Å². The summed E-state index contributed by atoms with van der Waals surface area (Å²) in [6, 6.07) is 12.4. The third kappa shape index (κ3) is 4.48. The Balaban J connectivity index is 1.69. The summed E-state index contributed by atoms with van der Waals surface area (Å²) in [7, 11) is 4.84. The second-order valence-corrected chi connectivity index (χ2v) is 6.55. The minimum absolute atomic E-state index is 0.169. The maximum absolute atomic E-state index is 12.6. The summed E-state index contributed by atoms with van der Waals surface area (Å²) in [5, 5.41) is 7.27. The third-order valence-electron chi connectivity index (χ3n) is 4.64. The number of carbonyl (C=O) groups is 1. The molecule has 2 aromatic heterocycles. The number of amides is 1. The first kappa shape index (κ1) is 20.2. The Labute approximate surface area is 168 Å². The maximum Gasteiger partial charge on any atom is 0.269 e. The van der Waals surface area contributed by atoms with Crippen LogP contribution < -0.4 is 20.3 Å². The predicted octanol–water partition coefficient (Wildman–Crippen LogP) is 2.00. The number of rotatable bonds is 7. The van der Waals surface area contributed by atoms with Crippen molar-refractivity contribution in [2.75, 3.05) is 20.8 Å². The second kappa shape index (κ2) is 8.64. The molecule has 1 amide bonds. The molecular formula is C21H24N4O4. The quantitative estimate of drug-likeness (QED) is 0.660. The average molecular weight is 396 g/mol. The zero-order chi connectivity index (χ0) is 21.0. The monoisotopic (exact) mass is 396 g/mol. The highest BCUT2D eigenvalue weighted by atomic mass is 16.5. The van der Waals surface area contributed by atoms with Crippen LogP contribution in [0, 0.1) is 6.92 Å². The van der Waals surface area contributed by atoms with Crippen molar-refractivity contribution >= 4 is 5.91 Å². The van der Waals surface area contributed by atoms with E-state index in [9.17, 15) is 9.59 Å². The topological polar surface area (TPSA) is 87.4 Å². The molecule has 8 nitrogen and oxygen atoms in total. The molecule has 0 aliphatic carbocycles. The van der Waals surface area contributed by atoms with Crippen LogP contribution in [0.2, 0.25) is 0 Å². The van der Waals surface area contributed by atoms with E-state index in [4.69, 9.17) is 9.47 Å². The number of pyridine rings is 1. The summed E-state index contributed by atoms with van der Waals surface area (Å²) in [6.45, 7) is 2.50. The highest BCUT2D eigenvalue weighted by Gasteiger charge is 2.14. The second-order valence-electron chi connectivity index (χ2n) is 6.55. The Hall–Kier alpha value is -3.55. The number of carbonyl (C=O) groups excluding carboxylic acids is 1. The largest absolute Gasteiger partial charge is 0.497 e. The van der Waals surface area contributed by atoms with Crippen molar-refractivity contribution in [1.29, 1.82) is 0 Å². The Kier molecular flexibility index (Phi) is 6.01. The molecule has 3 aromatic rings. The van der Waals surface area contributed by atoms with Gasteiger partial charge in [0.2, 0.25) is 0 Å². The van der Waals surface area contributed by atoms with E-state index in [1.165, 1.54) is 17.9 Å². The number of nitrogens with zero attached hydrogens (tertiary/aromatic N) is 3. The lowest BCUT2D eigenvalue weighted by Crippen LogP contribution is -2.32. The van der Waals surface area contributed by atoms with Gasteiger partial charge in [0.25, 0.3) is 11.5 Å². The predicted molar refractivity (Wildman–Crippen MR) is 110 cm³/mol. The van der Waals surface area contributed by atoms with Crippen LogP contribution in [-0.2, 0) is 13.6 Å². The van der Waals surface area contributed by atoms with Gasteiger partial charge in [-0.05, 0) is 31.2 Å². The Morgan fingerprint density at radius 2 is 1.86 bits per heavy atom. The Morgan fingerprint density at radius 3 is 2.55 bits per heavy atom. The Morgan fingerprint density at radius 1 is 1.10 bits per heavy atom. The lowest BCUT2D eigenvalue weighted by molar-refractivity contribution is 0.0942. The molecule has 0 spiro atoms. The first-order chi connectivity index (χ1) is 13.9. The van der Waals surface area contributed by atoms with Crippen molar-refractivity contribution < 1.29 is 14.3 Å². The summed E-state index contributed by atoms with van der Waals surface area (Å²) in [4.78, 5) is 24.8. The molecule has 0 radical (unpaired) electrons. The lowest BCUT2D eigenvalue weighted by atomic mass is 10.1. The van der Waals surface area contributed by atoms with E-state index >= 15 is 0 Å². The number of hydrogen-bond acceptors (Lipinski definition) is 5. The van der Waals surface area contributed by atoms with Gasteiger partial charge in [-0.25, -0.2) is 0 Å². The number of aryl methyl sites for hydroxylation is 2. The summed E-state index contributed by atoms with van der Waals surface area (Å²) < 4.78 is 13.5. The van der Waals surface area contributed by atoms with Crippen molar-refractivity contribution in [2.45, 2.75) is 13.5 Å². The van der Waals surface area contributed by atoms with E-state index in [1.54, 1.807) is 30.9 Å². The number of methoxy groups -OCH3 is 2. The molecule has 8 heteroatoms. The first-order valence-electron chi connectivity index (χ1n) is 9.15. The van der Waals surface area contributed by atoms with Crippen LogP contribution in [0.1, 0.15) is 16.2 Å². The van der Waals surface area contributed by atoms with Crippen LogP contribution in [0.5, 0.6) is 11.5 Å².